The quantitative estimate of drug-likeness (QED) is 0.830. The average Bonchev–Trinajstić information content (AvgIpc) is 2.27. The third-order valence-corrected chi connectivity index (χ3v) is 3.43. The molecule has 0 aromatic heterocycles. The maximum absolute atomic E-state index is 9.83. The molecule has 1 aliphatic rings. The fraction of sp³-hybridized carbons (Fsp3) is 0.571. The Labute approximate surface area is 97.3 Å². The van der Waals surface area contributed by atoms with E-state index in [4.69, 9.17) is 4.74 Å². The van der Waals surface area contributed by atoms with E-state index in [-0.39, 0.29) is 12.2 Å². The Morgan fingerprint density at radius 1 is 1.12 bits per heavy atom. The van der Waals surface area contributed by atoms with Gasteiger partial charge in [0.1, 0.15) is 11.9 Å². The van der Waals surface area contributed by atoms with Crippen LogP contribution in [0.3, 0.4) is 0 Å². The molecule has 1 aromatic rings. The molecule has 1 aromatic carbocycles. The van der Waals surface area contributed by atoms with Gasteiger partial charge in [0.25, 0.3) is 0 Å². The van der Waals surface area contributed by atoms with Crippen molar-refractivity contribution in [2.45, 2.75) is 51.7 Å². The SMILES string of the molecule is Cc1ccc(O[C@H]2CCCC[C@@H]2O)cc1C. The average molecular weight is 220 g/mol. The van der Waals surface area contributed by atoms with Crippen LogP contribution in [0.2, 0.25) is 0 Å². The van der Waals surface area contributed by atoms with Gasteiger partial charge in [-0.15, -0.1) is 0 Å². The van der Waals surface area contributed by atoms with Crippen LogP contribution in [0.4, 0.5) is 0 Å². The molecule has 0 heterocycles. The van der Waals surface area contributed by atoms with E-state index in [0.29, 0.717) is 0 Å². The van der Waals surface area contributed by atoms with Gasteiger partial charge in [-0.05, 0) is 56.4 Å². The zero-order valence-electron chi connectivity index (χ0n) is 10.1. The normalized spacial score (nSPS) is 25.4. The molecule has 16 heavy (non-hydrogen) atoms. The molecule has 2 atom stereocenters. The highest BCUT2D eigenvalue weighted by molar-refractivity contribution is 5.34. The van der Waals surface area contributed by atoms with Crippen LogP contribution < -0.4 is 4.74 Å². The van der Waals surface area contributed by atoms with E-state index < -0.39 is 0 Å². The van der Waals surface area contributed by atoms with E-state index in [2.05, 4.69) is 26.0 Å². The highest BCUT2D eigenvalue weighted by Crippen LogP contribution is 2.25. The third-order valence-electron chi connectivity index (χ3n) is 3.43. The fourth-order valence-corrected chi connectivity index (χ4v) is 2.18. The van der Waals surface area contributed by atoms with Crippen molar-refractivity contribution in [1.82, 2.24) is 0 Å². The second kappa shape index (κ2) is 4.88. The van der Waals surface area contributed by atoms with E-state index in [9.17, 15) is 5.11 Å². The lowest BCUT2D eigenvalue weighted by Gasteiger charge is -2.28. The molecule has 0 spiro atoms. The van der Waals surface area contributed by atoms with Gasteiger partial charge in [-0.3, -0.25) is 0 Å². The largest absolute Gasteiger partial charge is 0.488 e. The van der Waals surface area contributed by atoms with Crippen LogP contribution in [-0.4, -0.2) is 17.3 Å². The van der Waals surface area contributed by atoms with E-state index >= 15 is 0 Å². The Kier molecular flexibility index (Phi) is 3.49. The van der Waals surface area contributed by atoms with Gasteiger partial charge in [0.05, 0.1) is 6.10 Å². The molecule has 88 valence electrons. The van der Waals surface area contributed by atoms with E-state index in [1.807, 2.05) is 6.07 Å². The van der Waals surface area contributed by atoms with E-state index in [1.165, 1.54) is 11.1 Å². The van der Waals surface area contributed by atoms with Gasteiger partial charge in [-0.2, -0.15) is 0 Å². The fourth-order valence-electron chi connectivity index (χ4n) is 2.18. The molecular weight excluding hydrogens is 200 g/mol. The summed E-state index contributed by atoms with van der Waals surface area (Å²) in [5.74, 6) is 0.883. The molecule has 0 radical (unpaired) electrons. The summed E-state index contributed by atoms with van der Waals surface area (Å²) in [4.78, 5) is 0. The van der Waals surface area contributed by atoms with Gasteiger partial charge in [0, 0.05) is 0 Å². The number of aryl methyl sites for hydroxylation is 2. The lowest BCUT2D eigenvalue weighted by atomic mass is 9.95. The monoisotopic (exact) mass is 220 g/mol. The van der Waals surface area contributed by atoms with Crippen molar-refractivity contribution in [2.24, 2.45) is 0 Å². The van der Waals surface area contributed by atoms with Crippen LogP contribution in [0.25, 0.3) is 0 Å². The van der Waals surface area contributed by atoms with Gasteiger partial charge < -0.3 is 9.84 Å². The molecule has 1 N–H and O–H groups in total. The smallest absolute Gasteiger partial charge is 0.124 e. The van der Waals surface area contributed by atoms with Crippen LogP contribution in [-0.2, 0) is 0 Å². The molecule has 1 fully saturated rings. The summed E-state index contributed by atoms with van der Waals surface area (Å²) >= 11 is 0. The van der Waals surface area contributed by atoms with Crippen LogP contribution in [0.1, 0.15) is 36.8 Å². The van der Waals surface area contributed by atoms with Crippen LogP contribution in [0.5, 0.6) is 5.75 Å². The molecule has 0 amide bonds. The lowest BCUT2D eigenvalue weighted by Crippen LogP contribution is -2.34. The zero-order chi connectivity index (χ0) is 11.5. The summed E-state index contributed by atoms with van der Waals surface area (Å²) < 4.78 is 5.85. The number of ether oxygens (including phenoxy) is 1. The summed E-state index contributed by atoms with van der Waals surface area (Å²) in [6.07, 6.45) is 3.80. The second-order valence-corrected chi connectivity index (χ2v) is 4.75. The summed E-state index contributed by atoms with van der Waals surface area (Å²) in [7, 11) is 0. The Morgan fingerprint density at radius 3 is 2.56 bits per heavy atom. The number of aliphatic hydroxyl groups excluding tert-OH is 1. The van der Waals surface area contributed by atoms with Crippen LogP contribution in [0, 0.1) is 13.8 Å². The van der Waals surface area contributed by atoms with Gasteiger partial charge in [0.2, 0.25) is 0 Å². The van der Waals surface area contributed by atoms with Crippen LogP contribution >= 0.6 is 0 Å². The molecule has 2 nitrogen and oxygen atoms in total. The molecule has 1 saturated carbocycles. The summed E-state index contributed by atoms with van der Waals surface area (Å²) in [5.41, 5.74) is 2.51. The van der Waals surface area contributed by atoms with Gasteiger partial charge in [-0.1, -0.05) is 12.5 Å². The highest BCUT2D eigenvalue weighted by Gasteiger charge is 2.24. The first-order valence-electron chi connectivity index (χ1n) is 6.09. The molecule has 0 unspecified atom stereocenters. The Balaban J connectivity index is 2.05. The summed E-state index contributed by atoms with van der Waals surface area (Å²) in [5, 5.41) is 9.83. The molecular formula is C14H20O2. The van der Waals surface area contributed by atoms with Gasteiger partial charge in [0.15, 0.2) is 0 Å². The van der Waals surface area contributed by atoms with Crippen LogP contribution in [0.15, 0.2) is 18.2 Å². The van der Waals surface area contributed by atoms with Gasteiger partial charge in [-0.25, -0.2) is 0 Å². The van der Waals surface area contributed by atoms with Gasteiger partial charge >= 0.3 is 0 Å². The lowest BCUT2D eigenvalue weighted by molar-refractivity contribution is 0.00684. The second-order valence-electron chi connectivity index (χ2n) is 4.75. The predicted molar refractivity (Wildman–Crippen MR) is 64.8 cm³/mol. The molecule has 0 aliphatic heterocycles. The van der Waals surface area contributed by atoms with Crippen molar-refractivity contribution in [3.63, 3.8) is 0 Å². The minimum absolute atomic E-state index is 0.0177. The molecule has 0 saturated heterocycles. The summed E-state index contributed by atoms with van der Waals surface area (Å²) in [6.45, 7) is 4.17. The highest BCUT2D eigenvalue weighted by atomic mass is 16.5. The minimum atomic E-state index is -0.296. The standard InChI is InChI=1S/C14H20O2/c1-10-7-8-12(9-11(10)2)16-14-6-4-3-5-13(14)15/h7-9,13-15H,3-6H2,1-2H3/t13-,14-/m0/s1. The summed E-state index contributed by atoms with van der Waals surface area (Å²) in [6, 6.07) is 6.11. The van der Waals surface area contributed by atoms with Crippen molar-refractivity contribution in [2.75, 3.05) is 0 Å². The molecule has 1 aliphatic carbocycles. The first-order chi connectivity index (χ1) is 7.66. The Bertz CT molecular complexity index is 360. The Hall–Kier alpha value is -1.02. The zero-order valence-corrected chi connectivity index (χ0v) is 10.1. The first-order valence-corrected chi connectivity index (χ1v) is 6.09. The predicted octanol–water partition coefficient (Wildman–Crippen LogP) is 2.99. The van der Waals surface area contributed by atoms with Crippen molar-refractivity contribution in [3.05, 3.63) is 29.3 Å². The van der Waals surface area contributed by atoms with Crippen molar-refractivity contribution < 1.29 is 9.84 Å². The Morgan fingerprint density at radius 2 is 1.88 bits per heavy atom. The van der Waals surface area contributed by atoms with E-state index in [0.717, 1.165) is 31.4 Å². The number of aliphatic hydroxyl groups is 1. The van der Waals surface area contributed by atoms with Crippen molar-refractivity contribution in [3.8, 4) is 5.75 Å². The topological polar surface area (TPSA) is 29.5 Å². The van der Waals surface area contributed by atoms with E-state index in [1.54, 1.807) is 0 Å². The molecule has 0 bridgehead atoms. The van der Waals surface area contributed by atoms with Crippen molar-refractivity contribution >= 4 is 0 Å². The maximum Gasteiger partial charge on any atom is 0.124 e. The number of rotatable bonds is 2. The number of benzene rings is 1. The first kappa shape index (κ1) is 11.5. The maximum atomic E-state index is 9.83. The van der Waals surface area contributed by atoms with Crippen molar-refractivity contribution in [1.29, 1.82) is 0 Å². The molecule has 2 heteroatoms. The minimum Gasteiger partial charge on any atom is -0.488 e. The number of hydrogen-bond acceptors (Lipinski definition) is 2. The molecule has 2 rings (SSSR count). The third kappa shape index (κ3) is 2.56. The number of hydrogen-bond donors (Lipinski definition) is 1.